The average Bonchev–Trinajstić information content (AvgIpc) is 2.63. The van der Waals surface area contributed by atoms with Crippen molar-refractivity contribution in [3.8, 4) is 0 Å². The number of carbonyl (C=O) groups is 1. The number of aliphatic carboxylic acids is 1. The Hall–Kier alpha value is -1.64. The lowest BCUT2D eigenvalue weighted by atomic mass is 10.2. The molecule has 1 aliphatic rings. The van der Waals surface area contributed by atoms with Crippen molar-refractivity contribution in [2.75, 3.05) is 37.6 Å². The topological polar surface area (TPSA) is 104 Å². The molecule has 21 heavy (non-hydrogen) atoms. The van der Waals surface area contributed by atoms with E-state index in [9.17, 15) is 13.2 Å². The van der Waals surface area contributed by atoms with Crippen LogP contribution in [0.5, 0.6) is 0 Å². The standard InChI is InChI=1S/C13H19N3O4S/c14-21(19,20)12-4-2-11(3-5-12)16-7-1-6-15(8-9-16)10-13(17)18/h2-5H,1,6-10H2,(H,17,18)(H2,14,19,20). The first-order chi connectivity index (χ1) is 9.86. The van der Waals surface area contributed by atoms with Crippen LogP contribution in [0, 0.1) is 0 Å². The number of carboxylic acid groups (broad SMARTS) is 1. The molecule has 1 aliphatic heterocycles. The van der Waals surface area contributed by atoms with Gasteiger partial charge in [0, 0.05) is 31.9 Å². The monoisotopic (exact) mass is 313 g/mol. The van der Waals surface area contributed by atoms with E-state index in [-0.39, 0.29) is 11.4 Å². The Morgan fingerprint density at radius 3 is 2.38 bits per heavy atom. The summed E-state index contributed by atoms with van der Waals surface area (Å²) in [5.74, 6) is -0.819. The fourth-order valence-electron chi connectivity index (χ4n) is 2.43. The van der Waals surface area contributed by atoms with Crippen molar-refractivity contribution in [3.63, 3.8) is 0 Å². The van der Waals surface area contributed by atoms with E-state index < -0.39 is 16.0 Å². The van der Waals surface area contributed by atoms with Crippen LogP contribution < -0.4 is 10.0 Å². The first-order valence-electron chi connectivity index (χ1n) is 6.68. The van der Waals surface area contributed by atoms with Crippen LogP contribution in [0.4, 0.5) is 5.69 Å². The molecule has 3 N–H and O–H groups in total. The molecular weight excluding hydrogens is 294 g/mol. The summed E-state index contributed by atoms with van der Waals surface area (Å²) in [6.07, 6.45) is 0.865. The summed E-state index contributed by atoms with van der Waals surface area (Å²) in [5.41, 5.74) is 0.916. The van der Waals surface area contributed by atoms with Crippen molar-refractivity contribution >= 4 is 21.7 Å². The van der Waals surface area contributed by atoms with Crippen LogP contribution in [0.1, 0.15) is 6.42 Å². The lowest BCUT2D eigenvalue weighted by molar-refractivity contribution is -0.138. The zero-order chi connectivity index (χ0) is 15.5. The van der Waals surface area contributed by atoms with Crippen LogP contribution in [0.25, 0.3) is 0 Å². The van der Waals surface area contributed by atoms with Gasteiger partial charge < -0.3 is 10.0 Å². The average molecular weight is 313 g/mol. The first-order valence-corrected chi connectivity index (χ1v) is 8.23. The van der Waals surface area contributed by atoms with E-state index in [1.807, 2.05) is 4.90 Å². The van der Waals surface area contributed by atoms with Crippen LogP contribution in [0.2, 0.25) is 0 Å². The number of nitrogens with zero attached hydrogens (tertiary/aromatic N) is 2. The van der Waals surface area contributed by atoms with Crippen molar-refractivity contribution in [2.45, 2.75) is 11.3 Å². The molecule has 0 aromatic heterocycles. The second kappa shape index (κ2) is 6.42. The summed E-state index contributed by atoms with van der Waals surface area (Å²) >= 11 is 0. The Balaban J connectivity index is 2.04. The molecule has 1 aromatic rings. The van der Waals surface area contributed by atoms with Crippen molar-refractivity contribution in [1.29, 1.82) is 0 Å². The molecular formula is C13H19N3O4S. The number of anilines is 1. The summed E-state index contributed by atoms with van der Waals surface area (Å²) in [6, 6.07) is 6.44. The van der Waals surface area contributed by atoms with Crippen molar-refractivity contribution < 1.29 is 18.3 Å². The number of hydrogen-bond donors (Lipinski definition) is 2. The Kier molecular flexibility index (Phi) is 4.81. The highest BCUT2D eigenvalue weighted by molar-refractivity contribution is 7.89. The minimum atomic E-state index is -3.67. The second-order valence-electron chi connectivity index (χ2n) is 5.05. The summed E-state index contributed by atoms with van der Waals surface area (Å²) in [4.78, 5) is 14.9. The maximum absolute atomic E-state index is 11.2. The van der Waals surface area contributed by atoms with E-state index >= 15 is 0 Å². The smallest absolute Gasteiger partial charge is 0.317 e. The molecule has 0 radical (unpaired) electrons. The van der Waals surface area contributed by atoms with Gasteiger partial charge in [-0.25, -0.2) is 13.6 Å². The quantitative estimate of drug-likeness (QED) is 0.806. The van der Waals surface area contributed by atoms with Crippen LogP contribution in [0.15, 0.2) is 29.2 Å². The largest absolute Gasteiger partial charge is 0.480 e. The molecule has 8 heteroatoms. The van der Waals surface area contributed by atoms with Gasteiger partial charge >= 0.3 is 5.97 Å². The van der Waals surface area contributed by atoms with E-state index in [0.29, 0.717) is 13.1 Å². The van der Waals surface area contributed by atoms with Crippen LogP contribution in [0.3, 0.4) is 0 Å². The van der Waals surface area contributed by atoms with E-state index in [1.165, 1.54) is 12.1 Å². The number of benzene rings is 1. The summed E-state index contributed by atoms with van der Waals surface area (Å²) in [5, 5.41) is 13.9. The predicted molar refractivity (Wildman–Crippen MR) is 78.7 cm³/mol. The molecule has 116 valence electrons. The number of carboxylic acids is 1. The van der Waals surface area contributed by atoms with Gasteiger partial charge in [-0.05, 0) is 30.7 Å². The molecule has 1 aromatic carbocycles. The maximum atomic E-state index is 11.2. The fourth-order valence-corrected chi connectivity index (χ4v) is 2.94. The number of sulfonamides is 1. The first kappa shape index (κ1) is 15.7. The lowest BCUT2D eigenvalue weighted by Crippen LogP contribution is -2.34. The molecule has 2 rings (SSSR count). The Morgan fingerprint density at radius 2 is 1.81 bits per heavy atom. The third-order valence-electron chi connectivity index (χ3n) is 3.48. The van der Waals surface area contributed by atoms with Crippen molar-refractivity contribution in [1.82, 2.24) is 4.90 Å². The molecule has 1 saturated heterocycles. The van der Waals surface area contributed by atoms with Crippen molar-refractivity contribution in [2.24, 2.45) is 5.14 Å². The van der Waals surface area contributed by atoms with Crippen LogP contribution in [-0.2, 0) is 14.8 Å². The third-order valence-corrected chi connectivity index (χ3v) is 4.41. The minimum absolute atomic E-state index is 0.0538. The predicted octanol–water partition coefficient (Wildman–Crippen LogP) is -0.0693. The number of rotatable bonds is 4. The van der Waals surface area contributed by atoms with Crippen molar-refractivity contribution in [3.05, 3.63) is 24.3 Å². The molecule has 0 amide bonds. The number of primary sulfonamides is 1. The minimum Gasteiger partial charge on any atom is -0.480 e. The molecule has 7 nitrogen and oxygen atoms in total. The van der Waals surface area contributed by atoms with Gasteiger partial charge in [-0.15, -0.1) is 0 Å². The maximum Gasteiger partial charge on any atom is 0.317 e. The van der Waals surface area contributed by atoms with Gasteiger partial charge in [0.2, 0.25) is 10.0 Å². The number of hydrogen-bond acceptors (Lipinski definition) is 5. The zero-order valence-corrected chi connectivity index (χ0v) is 12.4. The van der Waals surface area contributed by atoms with Gasteiger partial charge in [0.1, 0.15) is 0 Å². The number of nitrogens with two attached hydrogens (primary N) is 1. The highest BCUT2D eigenvalue weighted by atomic mass is 32.2. The Bertz CT molecular complexity index is 600. The van der Waals surface area contributed by atoms with Crippen LogP contribution in [-0.4, -0.2) is 57.1 Å². The fraction of sp³-hybridized carbons (Fsp3) is 0.462. The van der Waals surface area contributed by atoms with E-state index in [1.54, 1.807) is 12.1 Å². The van der Waals surface area contributed by atoms with E-state index in [4.69, 9.17) is 10.2 Å². The molecule has 0 spiro atoms. The van der Waals surface area contributed by atoms with Gasteiger partial charge in [-0.3, -0.25) is 9.69 Å². The third kappa shape index (κ3) is 4.42. The van der Waals surface area contributed by atoms with Gasteiger partial charge in [0.15, 0.2) is 0 Å². The molecule has 1 heterocycles. The Labute approximate surface area is 124 Å². The van der Waals surface area contributed by atoms with Gasteiger partial charge in [0.05, 0.1) is 11.4 Å². The summed E-state index contributed by atoms with van der Waals surface area (Å²) in [6.45, 7) is 2.99. The van der Waals surface area contributed by atoms with Crippen LogP contribution >= 0.6 is 0 Å². The zero-order valence-electron chi connectivity index (χ0n) is 11.6. The van der Waals surface area contributed by atoms with Gasteiger partial charge in [-0.1, -0.05) is 0 Å². The summed E-state index contributed by atoms with van der Waals surface area (Å²) < 4.78 is 22.4. The molecule has 0 atom stereocenters. The Morgan fingerprint density at radius 1 is 1.14 bits per heavy atom. The second-order valence-corrected chi connectivity index (χ2v) is 6.61. The van der Waals surface area contributed by atoms with Gasteiger partial charge in [-0.2, -0.15) is 0 Å². The van der Waals surface area contributed by atoms with E-state index in [2.05, 4.69) is 4.90 Å². The molecule has 0 unspecified atom stereocenters. The molecule has 0 saturated carbocycles. The van der Waals surface area contributed by atoms with E-state index in [0.717, 1.165) is 25.2 Å². The molecule has 1 fully saturated rings. The molecule has 0 bridgehead atoms. The highest BCUT2D eigenvalue weighted by Crippen LogP contribution is 2.19. The summed E-state index contributed by atoms with van der Waals surface area (Å²) in [7, 11) is -3.67. The normalized spacial score (nSPS) is 17.5. The lowest BCUT2D eigenvalue weighted by Gasteiger charge is -2.23. The molecule has 0 aliphatic carbocycles. The van der Waals surface area contributed by atoms with Gasteiger partial charge in [0.25, 0.3) is 0 Å². The highest BCUT2D eigenvalue weighted by Gasteiger charge is 2.17. The SMILES string of the molecule is NS(=O)(=O)c1ccc(N2CCCN(CC(=O)O)CC2)cc1.